The van der Waals surface area contributed by atoms with Gasteiger partial charge in [0, 0.05) is 33.1 Å². The summed E-state index contributed by atoms with van der Waals surface area (Å²) < 4.78 is 8.56. The Morgan fingerprint density at radius 1 is 0.508 bits per heavy atom. The van der Waals surface area contributed by atoms with Gasteiger partial charge in [-0.2, -0.15) is 0 Å². The Balaban J connectivity index is 0.963. The van der Waals surface area contributed by atoms with Crippen LogP contribution in [0.15, 0.2) is 210 Å². The molecular formula is C61H45N3O. The van der Waals surface area contributed by atoms with Crippen molar-refractivity contribution in [2.24, 2.45) is 4.99 Å². The van der Waals surface area contributed by atoms with Crippen LogP contribution in [-0.4, -0.2) is 15.3 Å². The number of para-hydroxylation sites is 5. The second kappa shape index (κ2) is 15.0. The molecule has 12 rings (SSSR count). The number of aliphatic imine (C=N–C) groups is 1. The predicted molar refractivity (Wildman–Crippen MR) is 271 cm³/mol. The third-order valence-electron chi connectivity index (χ3n) is 13.5. The summed E-state index contributed by atoms with van der Waals surface area (Å²) in [6, 6.07) is 72.2. The van der Waals surface area contributed by atoms with Crippen molar-refractivity contribution in [2.75, 3.05) is 0 Å². The fraction of sp³-hybridized carbons (Fsp3) is 0.0820. The van der Waals surface area contributed by atoms with Gasteiger partial charge in [0.15, 0.2) is 5.58 Å². The molecule has 0 radical (unpaired) electrons. The molecule has 0 saturated heterocycles. The third-order valence-corrected chi connectivity index (χ3v) is 13.5. The van der Waals surface area contributed by atoms with Crippen molar-refractivity contribution in [1.29, 1.82) is 0 Å². The Morgan fingerprint density at radius 3 is 1.88 bits per heavy atom. The van der Waals surface area contributed by atoms with Crippen LogP contribution in [0.5, 0.6) is 0 Å². The molecule has 0 saturated carbocycles. The molecular weight excluding hydrogens is 791 g/mol. The van der Waals surface area contributed by atoms with E-state index in [1.165, 1.54) is 60.9 Å². The third kappa shape index (κ3) is 6.52. The first-order valence-electron chi connectivity index (χ1n) is 22.4. The van der Waals surface area contributed by atoms with E-state index >= 15 is 0 Å². The molecule has 65 heavy (non-hydrogen) atoms. The molecule has 9 aromatic carbocycles. The zero-order chi connectivity index (χ0) is 43.8. The van der Waals surface area contributed by atoms with E-state index in [9.17, 15) is 0 Å². The lowest BCUT2D eigenvalue weighted by Gasteiger charge is -2.22. The highest BCUT2D eigenvalue weighted by molar-refractivity contribution is 6.12. The van der Waals surface area contributed by atoms with Gasteiger partial charge in [-0.3, -0.25) is 4.99 Å². The Labute approximate surface area is 378 Å². The zero-order valence-electron chi connectivity index (χ0n) is 36.8. The summed E-state index contributed by atoms with van der Waals surface area (Å²) in [6.45, 7) is 8.96. The number of nitrogens with zero attached hydrogens (tertiary/aromatic N) is 3. The lowest BCUT2D eigenvalue weighted by atomic mass is 9.81. The van der Waals surface area contributed by atoms with E-state index in [4.69, 9.17) is 14.4 Å². The van der Waals surface area contributed by atoms with Crippen molar-refractivity contribution in [1.82, 2.24) is 9.55 Å². The van der Waals surface area contributed by atoms with Crippen molar-refractivity contribution in [3.05, 3.63) is 222 Å². The second-order valence-electron chi connectivity index (χ2n) is 17.9. The Morgan fingerprint density at radius 2 is 1.12 bits per heavy atom. The first kappa shape index (κ1) is 38.6. The summed E-state index contributed by atoms with van der Waals surface area (Å²) in [4.78, 5) is 9.75. The molecule has 310 valence electrons. The molecule has 1 aliphatic rings. The highest BCUT2D eigenvalue weighted by Crippen LogP contribution is 2.52. The molecule has 0 atom stereocenters. The summed E-state index contributed by atoms with van der Waals surface area (Å²) in [5, 5.41) is 2.54. The lowest BCUT2D eigenvalue weighted by Crippen LogP contribution is -2.15. The average molecular weight is 836 g/mol. The van der Waals surface area contributed by atoms with Crippen molar-refractivity contribution in [3.8, 4) is 61.6 Å². The highest BCUT2D eigenvalue weighted by atomic mass is 16.3. The van der Waals surface area contributed by atoms with E-state index in [0.717, 1.165) is 61.4 Å². The topological polar surface area (TPSA) is 43.3 Å². The van der Waals surface area contributed by atoms with Crippen molar-refractivity contribution in [3.63, 3.8) is 0 Å². The minimum Gasteiger partial charge on any atom is -0.436 e. The number of rotatable bonds is 7. The fourth-order valence-electron chi connectivity index (χ4n) is 10.00. The van der Waals surface area contributed by atoms with Crippen LogP contribution in [0.4, 0.5) is 5.69 Å². The summed E-state index contributed by atoms with van der Waals surface area (Å²) >= 11 is 0. The summed E-state index contributed by atoms with van der Waals surface area (Å²) in [7, 11) is 0. The van der Waals surface area contributed by atoms with Crippen molar-refractivity contribution in [2.45, 2.75) is 33.1 Å². The standard InChI is InChI=1S/C61H45N3O/c1-38-14-8-10-18-55(38)62-39(2)40-22-24-41(25-23-40)45-32-46(42-26-28-43(29-27-42)60-63-56-19-11-13-21-59(56)65-60)34-47(33-45)44-30-31-49-51-36-52-50-17-9-12-20-57(50)64(48-15-6-5-7-16-48)58(52)37-54(51)61(3,4)53(49)35-44/h5-37H,1-4H3/b62-39+. The van der Waals surface area contributed by atoms with Gasteiger partial charge in [-0.25, -0.2) is 4.98 Å². The number of hydrogen-bond donors (Lipinski definition) is 0. The summed E-state index contributed by atoms with van der Waals surface area (Å²) in [5.41, 5.74) is 22.5. The molecule has 0 unspecified atom stereocenters. The van der Waals surface area contributed by atoms with Crippen molar-refractivity contribution < 1.29 is 4.42 Å². The molecule has 2 heterocycles. The number of oxazole rings is 1. The zero-order valence-corrected chi connectivity index (χ0v) is 36.8. The smallest absolute Gasteiger partial charge is 0.227 e. The van der Waals surface area contributed by atoms with Crippen LogP contribution in [0.2, 0.25) is 0 Å². The molecule has 0 aliphatic heterocycles. The van der Waals surface area contributed by atoms with Crippen LogP contribution >= 0.6 is 0 Å². The maximum Gasteiger partial charge on any atom is 0.227 e. The van der Waals surface area contributed by atoms with Crippen LogP contribution in [0.25, 0.3) is 94.6 Å². The average Bonchev–Trinajstić information content (AvgIpc) is 4.00. The van der Waals surface area contributed by atoms with Crippen LogP contribution in [0.1, 0.15) is 43.0 Å². The quantitative estimate of drug-likeness (QED) is 0.150. The van der Waals surface area contributed by atoms with E-state index < -0.39 is 0 Å². The maximum atomic E-state index is 6.14. The van der Waals surface area contributed by atoms with E-state index in [-0.39, 0.29) is 5.41 Å². The largest absolute Gasteiger partial charge is 0.436 e. The number of benzene rings is 9. The van der Waals surface area contributed by atoms with E-state index in [1.807, 2.05) is 30.3 Å². The Hall–Kier alpha value is -8.08. The van der Waals surface area contributed by atoms with Crippen LogP contribution in [0, 0.1) is 6.92 Å². The van der Waals surface area contributed by atoms with E-state index in [0.29, 0.717) is 5.89 Å². The highest BCUT2D eigenvalue weighted by Gasteiger charge is 2.37. The van der Waals surface area contributed by atoms with E-state index in [2.05, 4.69) is 202 Å². The summed E-state index contributed by atoms with van der Waals surface area (Å²) in [6.07, 6.45) is 0. The molecule has 4 nitrogen and oxygen atoms in total. The monoisotopic (exact) mass is 835 g/mol. The number of aromatic nitrogens is 2. The van der Waals surface area contributed by atoms with E-state index in [1.54, 1.807) is 0 Å². The number of fused-ring (bicyclic) bond motifs is 7. The molecule has 1 aliphatic carbocycles. The lowest BCUT2D eigenvalue weighted by molar-refractivity contribution is 0.620. The van der Waals surface area contributed by atoms with Crippen LogP contribution in [0.3, 0.4) is 0 Å². The first-order chi connectivity index (χ1) is 31.8. The molecule has 0 N–H and O–H groups in total. The van der Waals surface area contributed by atoms with Gasteiger partial charge in [0.05, 0.1) is 16.7 Å². The second-order valence-corrected chi connectivity index (χ2v) is 17.9. The van der Waals surface area contributed by atoms with Crippen LogP contribution < -0.4 is 0 Å². The minimum absolute atomic E-state index is 0.221. The minimum atomic E-state index is -0.221. The van der Waals surface area contributed by atoms with Gasteiger partial charge in [-0.05, 0) is 166 Å². The maximum absolute atomic E-state index is 6.14. The molecule has 4 heteroatoms. The normalized spacial score (nSPS) is 13.1. The molecule has 2 aromatic heterocycles. The Kier molecular flexibility index (Phi) is 8.92. The van der Waals surface area contributed by atoms with Gasteiger partial charge < -0.3 is 8.98 Å². The van der Waals surface area contributed by atoms with Gasteiger partial charge in [0.1, 0.15) is 5.52 Å². The van der Waals surface area contributed by atoms with Gasteiger partial charge in [0.2, 0.25) is 5.89 Å². The van der Waals surface area contributed by atoms with Gasteiger partial charge in [-0.1, -0.05) is 129 Å². The predicted octanol–water partition coefficient (Wildman–Crippen LogP) is 16.3. The van der Waals surface area contributed by atoms with Gasteiger partial charge >= 0.3 is 0 Å². The summed E-state index contributed by atoms with van der Waals surface area (Å²) in [5.74, 6) is 0.623. The molecule has 0 amide bonds. The fourth-order valence-corrected chi connectivity index (χ4v) is 10.00. The number of aryl methyl sites for hydroxylation is 1. The van der Waals surface area contributed by atoms with Gasteiger partial charge in [0.25, 0.3) is 0 Å². The first-order valence-corrected chi connectivity index (χ1v) is 22.4. The van der Waals surface area contributed by atoms with Crippen molar-refractivity contribution >= 4 is 44.3 Å². The molecule has 0 spiro atoms. The Bertz CT molecular complexity index is 3650. The van der Waals surface area contributed by atoms with Gasteiger partial charge in [-0.15, -0.1) is 0 Å². The SMILES string of the molecule is C/C(=N\c1ccccc1C)c1ccc(-c2cc(-c3ccc(-c4nc5ccccc5o4)cc3)cc(-c3ccc4c(c3)C(C)(C)c3cc5c(cc3-4)c3ccccc3n5-c3ccccc3)c2)cc1. The molecule has 0 bridgehead atoms. The number of hydrogen-bond acceptors (Lipinski definition) is 3. The molecule has 0 fully saturated rings. The molecule has 11 aromatic rings. The van der Waals surface area contributed by atoms with Crippen LogP contribution in [-0.2, 0) is 5.41 Å².